The molecule has 3 aromatic carbocycles. The number of hydrogen-bond acceptors (Lipinski definition) is 5. The van der Waals surface area contributed by atoms with Gasteiger partial charge in [-0.1, -0.05) is 53.0 Å². The van der Waals surface area contributed by atoms with Crippen LogP contribution >= 0.6 is 63.1 Å². The summed E-state index contributed by atoms with van der Waals surface area (Å²) in [6.07, 6.45) is 0.517. The van der Waals surface area contributed by atoms with Gasteiger partial charge in [0.05, 0.1) is 24.6 Å². The second-order valence-corrected chi connectivity index (χ2v) is 9.77. The van der Waals surface area contributed by atoms with Crippen LogP contribution in [-0.2, 0) is 0 Å². The van der Waals surface area contributed by atoms with Crippen LogP contribution < -0.4 is 9.75 Å². The molecule has 0 bridgehead atoms. The lowest BCUT2D eigenvalue weighted by Crippen LogP contribution is -2.18. The summed E-state index contributed by atoms with van der Waals surface area (Å²) in [5.74, 6) is -0.259. The summed E-state index contributed by atoms with van der Waals surface area (Å²) < 4.78 is 19.5. The maximum atomic E-state index is 14.4. The van der Waals surface area contributed by atoms with Crippen molar-refractivity contribution in [2.24, 2.45) is 5.10 Å². The van der Waals surface area contributed by atoms with E-state index in [-0.39, 0.29) is 28.8 Å². The molecule has 0 fully saturated rings. The molecular formula is C25H18BrCl3FN3OS. The first-order chi connectivity index (χ1) is 16.4. The maximum absolute atomic E-state index is 14.4. The molecule has 2 heterocycles. The molecule has 4 aromatic rings. The molecule has 1 unspecified atom stereocenters. The number of benzene rings is 3. The predicted octanol–water partition coefficient (Wildman–Crippen LogP) is 8.85. The van der Waals surface area contributed by atoms with E-state index >= 15 is 0 Å². The zero-order valence-electron chi connectivity index (χ0n) is 18.2. The summed E-state index contributed by atoms with van der Waals surface area (Å²) in [5, 5.41) is 11.1. The van der Waals surface area contributed by atoms with Gasteiger partial charge in [0.15, 0.2) is 11.6 Å². The lowest BCUT2D eigenvalue weighted by atomic mass is 9.98. The summed E-state index contributed by atoms with van der Waals surface area (Å²) in [6, 6.07) is 17.5. The van der Waals surface area contributed by atoms with Gasteiger partial charge in [0.25, 0.3) is 0 Å². The van der Waals surface area contributed by atoms with Gasteiger partial charge in [-0.05, 0) is 48.0 Å². The lowest BCUT2D eigenvalue weighted by Gasteiger charge is -2.22. The Morgan fingerprint density at radius 3 is 2.37 bits per heavy atom. The van der Waals surface area contributed by atoms with Crippen LogP contribution in [0.3, 0.4) is 0 Å². The Labute approximate surface area is 231 Å². The fraction of sp³-hybridized carbons (Fsp3) is 0.120. The first-order valence-electron chi connectivity index (χ1n) is 10.3. The minimum absolute atomic E-state index is 0. The summed E-state index contributed by atoms with van der Waals surface area (Å²) in [5.41, 5.74) is 4.03. The minimum Gasteiger partial charge on any atom is -0.494 e. The van der Waals surface area contributed by atoms with Crippen molar-refractivity contribution in [3.05, 3.63) is 98.1 Å². The standard InChI is InChI=1S/C25H17Cl3FN3OS.BrH/c1-33-24-9-4-15(10-20(24)29)21-12-23(18-8-7-17(27)11-19(18)28)32(31-21)25-30-22(13-34-25)14-2-5-16(26)6-3-14;/h2-11,13,23H,12H2,1H3;1H. The van der Waals surface area contributed by atoms with E-state index in [4.69, 9.17) is 49.6 Å². The molecule has 1 aliphatic heterocycles. The van der Waals surface area contributed by atoms with Crippen molar-refractivity contribution in [3.63, 3.8) is 0 Å². The minimum atomic E-state index is -0.443. The molecule has 1 aliphatic rings. The molecular weight excluding hydrogens is 596 g/mol. The van der Waals surface area contributed by atoms with Gasteiger partial charge < -0.3 is 4.74 Å². The third-order valence-corrected chi connectivity index (χ3v) is 7.19. The molecule has 0 N–H and O–H groups in total. The number of hydrogen-bond donors (Lipinski definition) is 0. The molecule has 0 aliphatic carbocycles. The van der Waals surface area contributed by atoms with Gasteiger partial charge in [-0.3, -0.25) is 0 Å². The average Bonchev–Trinajstić information content (AvgIpc) is 3.47. The van der Waals surface area contributed by atoms with Crippen LogP contribution in [0, 0.1) is 5.82 Å². The highest BCUT2D eigenvalue weighted by molar-refractivity contribution is 8.93. The highest BCUT2D eigenvalue weighted by atomic mass is 79.9. The molecule has 0 amide bonds. The monoisotopic (exact) mass is 611 g/mol. The first-order valence-corrected chi connectivity index (χ1v) is 12.3. The summed E-state index contributed by atoms with van der Waals surface area (Å²) in [4.78, 5) is 4.82. The van der Waals surface area contributed by atoms with Crippen LogP contribution in [-0.4, -0.2) is 17.8 Å². The van der Waals surface area contributed by atoms with E-state index in [9.17, 15) is 4.39 Å². The number of aromatic nitrogens is 1. The van der Waals surface area contributed by atoms with Gasteiger partial charge >= 0.3 is 0 Å². The van der Waals surface area contributed by atoms with E-state index in [1.807, 2.05) is 40.7 Å². The van der Waals surface area contributed by atoms with Crippen molar-refractivity contribution in [2.75, 3.05) is 12.1 Å². The molecule has 0 saturated heterocycles. The molecule has 1 atom stereocenters. The molecule has 10 heteroatoms. The number of anilines is 1. The van der Waals surface area contributed by atoms with Crippen molar-refractivity contribution >= 4 is 74.0 Å². The Hall–Kier alpha value is -2.16. The molecule has 0 spiro atoms. The van der Waals surface area contributed by atoms with Crippen LogP contribution in [0.25, 0.3) is 11.3 Å². The van der Waals surface area contributed by atoms with Crippen LogP contribution in [0.15, 0.2) is 71.1 Å². The molecule has 4 nitrogen and oxygen atoms in total. The smallest absolute Gasteiger partial charge is 0.207 e. The van der Waals surface area contributed by atoms with Gasteiger partial charge in [-0.25, -0.2) is 14.4 Å². The van der Waals surface area contributed by atoms with Crippen molar-refractivity contribution in [2.45, 2.75) is 12.5 Å². The van der Waals surface area contributed by atoms with E-state index in [2.05, 4.69) is 0 Å². The molecule has 5 rings (SSSR count). The highest BCUT2D eigenvalue weighted by Crippen LogP contribution is 2.42. The van der Waals surface area contributed by atoms with Crippen LogP contribution in [0.5, 0.6) is 5.75 Å². The van der Waals surface area contributed by atoms with Gasteiger partial charge in [0, 0.05) is 38.0 Å². The Morgan fingerprint density at radius 1 is 0.971 bits per heavy atom. The molecule has 35 heavy (non-hydrogen) atoms. The average molecular weight is 614 g/mol. The second-order valence-electron chi connectivity index (χ2n) is 7.65. The first kappa shape index (κ1) is 25.9. The normalized spacial score (nSPS) is 15.1. The van der Waals surface area contributed by atoms with Crippen LogP contribution in [0.1, 0.15) is 23.6 Å². The number of nitrogens with zero attached hydrogens (tertiary/aromatic N) is 3. The summed E-state index contributed by atoms with van der Waals surface area (Å²) >= 11 is 20.2. The molecule has 0 radical (unpaired) electrons. The molecule has 0 saturated carbocycles. The van der Waals surface area contributed by atoms with Crippen molar-refractivity contribution < 1.29 is 9.13 Å². The third kappa shape index (κ3) is 5.34. The van der Waals surface area contributed by atoms with E-state index < -0.39 is 5.82 Å². The maximum Gasteiger partial charge on any atom is 0.207 e. The zero-order valence-corrected chi connectivity index (χ0v) is 23.0. The van der Waals surface area contributed by atoms with Crippen molar-refractivity contribution in [1.82, 2.24) is 4.98 Å². The van der Waals surface area contributed by atoms with E-state index in [1.165, 1.54) is 24.5 Å². The topological polar surface area (TPSA) is 37.7 Å². The number of thiazole rings is 1. The van der Waals surface area contributed by atoms with E-state index in [1.54, 1.807) is 24.3 Å². The molecule has 1 aromatic heterocycles. The van der Waals surface area contributed by atoms with Crippen LogP contribution in [0.2, 0.25) is 15.1 Å². The number of rotatable bonds is 5. The summed E-state index contributed by atoms with van der Waals surface area (Å²) in [6.45, 7) is 0. The van der Waals surface area contributed by atoms with Crippen LogP contribution in [0.4, 0.5) is 9.52 Å². The fourth-order valence-electron chi connectivity index (χ4n) is 3.84. The quantitative estimate of drug-likeness (QED) is 0.226. The Kier molecular flexibility index (Phi) is 8.03. The predicted molar refractivity (Wildman–Crippen MR) is 149 cm³/mol. The van der Waals surface area contributed by atoms with Crippen molar-refractivity contribution in [3.8, 4) is 17.0 Å². The number of methoxy groups -OCH3 is 1. The van der Waals surface area contributed by atoms with Crippen molar-refractivity contribution in [1.29, 1.82) is 0 Å². The third-order valence-electron chi connectivity index (χ3n) is 5.54. The largest absolute Gasteiger partial charge is 0.494 e. The second kappa shape index (κ2) is 10.8. The fourth-order valence-corrected chi connectivity index (χ4v) is 5.34. The number of ether oxygens (including phenoxy) is 1. The Bertz CT molecular complexity index is 1400. The van der Waals surface area contributed by atoms with E-state index in [0.717, 1.165) is 22.5 Å². The molecule has 180 valence electrons. The van der Waals surface area contributed by atoms with Gasteiger partial charge in [-0.2, -0.15) is 5.10 Å². The zero-order chi connectivity index (χ0) is 23.8. The Morgan fingerprint density at radius 2 is 1.69 bits per heavy atom. The van der Waals surface area contributed by atoms with E-state index in [0.29, 0.717) is 32.2 Å². The van der Waals surface area contributed by atoms with Gasteiger partial charge in [0.2, 0.25) is 5.13 Å². The Balaban J connectivity index is 0.00000289. The highest BCUT2D eigenvalue weighted by Gasteiger charge is 2.33. The SMILES string of the molecule is Br.COc1ccc(C2=NN(c3nc(-c4ccc(Cl)cc4)cs3)C(c3ccc(Cl)cc3Cl)C2)cc1F. The van der Waals surface area contributed by atoms with Gasteiger partial charge in [-0.15, -0.1) is 28.3 Å². The number of hydrazone groups is 1. The van der Waals surface area contributed by atoms with Gasteiger partial charge in [0.1, 0.15) is 0 Å². The number of halogens is 5. The summed E-state index contributed by atoms with van der Waals surface area (Å²) in [7, 11) is 1.44. The lowest BCUT2D eigenvalue weighted by molar-refractivity contribution is 0.386.